The summed E-state index contributed by atoms with van der Waals surface area (Å²) in [5, 5.41) is 0. The second kappa shape index (κ2) is 49.5. The van der Waals surface area contributed by atoms with Crippen molar-refractivity contribution in [2.75, 3.05) is 13.2 Å². The molecule has 6 heteroatoms. The van der Waals surface area contributed by atoms with Crippen LogP contribution in [0.15, 0.2) is 72.9 Å². The first-order valence-electron chi connectivity index (χ1n) is 25.4. The molecule has 0 saturated heterocycles. The molecule has 0 spiro atoms. The third-order valence-corrected chi connectivity index (χ3v) is 10.7. The summed E-state index contributed by atoms with van der Waals surface area (Å²) in [6, 6.07) is 0. The van der Waals surface area contributed by atoms with Gasteiger partial charge in [0.1, 0.15) is 13.2 Å². The van der Waals surface area contributed by atoms with Crippen LogP contribution >= 0.6 is 0 Å². The summed E-state index contributed by atoms with van der Waals surface area (Å²) in [4.78, 5) is 37.9. The summed E-state index contributed by atoms with van der Waals surface area (Å²) in [5.74, 6) is -0.971. The lowest BCUT2D eigenvalue weighted by Crippen LogP contribution is -2.30. The molecule has 0 aliphatic heterocycles. The molecule has 1 unspecified atom stereocenters. The van der Waals surface area contributed by atoms with Crippen LogP contribution < -0.4 is 0 Å². The lowest BCUT2D eigenvalue weighted by molar-refractivity contribution is -0.167. The van der Waals surface area contributed by atoms with Crippen LogP contribution in [-0.2, 0) is 28.6 Å². The summed E-state index contributed by atoms with van der Waals surface area (Å²) in [7, 11) is 0. The second-order valence-corrected chi connectivity index (χ2v) is 16.7. The van der Waals surface area contributed by atoms with Crippen molar-refractivity contribution in [3.63, 3.8) is 0 Å². The van der Waals surface area contributed by atoms with Crippen LogP contribution in [0.25, 0.3) is 0 Å². The third-order valence-electron chi connectivity index (χ3n) is 10.7. The van der Waals surface area contributed by atoms with Gasteiger partial charge >= 0.3 is 17.9 Å². The van der Waals surface area contributed by atoms with Gasteiger partial charge in [0.2, 0.25) is 0 Å². The Hall–Kier alpha value is -3.15. The summed E-state index contributed by atoms with van der Waals surface area (Å²) < 4.78 is 16.7. The van der Waals surface area contributed by atoms with Gasteiger partial charge in [-0.2, -0.15) is 0 Å². The number of unbranched alkanes of at least 4 members (excludes halogenated alkanes) is 22. The zero-order chi connectivity index (χ0) is 44.4. The van der Waals surface area contributed by atoms with E-state index in [0.717, 1.165) is 89.9 Å². The van der Waals surface area contributed by atoms with Gasteiger partial charge in [0.15, 0.2) is 6.10 Å². The van der Waals surface area contributed by atoms with Crippen LogP contribution in [0.3, 0.4) is 0 Å². The first-order chi connectivity index (χ1) is 30.0. The summed E-state index contributed by atoms with van der Waals surface area (Å²) >= 11 is 0. The van der Waals surface area contributed by atoms with Crippen LogP contribution in [0, 0.1) is 0 Å². The molecule has 350 valence electrons. The standard InChI is InChI=1S/C55H94O6/c1-4-7-10-13-16-19-22-25-27-28-29-31-33-36-39-42-45-48-54(57)60-51-52(50-59-53(56)47-44-41-38-35-32-24-21-18-15-12-9-6-3)61-55(58)49-46-43-40-37-34-30-26-23-20-17-14-11-8-5-2/h8,11,17-18,20-21,25,27,29,31,36,39,52H,4-7,9-10,12-16,19,22-24,26,28,30,32-35,37-38,40-51H2,1-3H3/b11-8-,20-17-,21-18-,27-25-,31-29-,39-36-. The molecule has 0 aromatic heterocycles. The predicted molar refractivity (Wildman–Crippen MR) is 261 cm³/mol. The Balaban J connectivity index is 4.47. The minimum Gasteiger partial charge on any atom is -0.462 e. The van der Waals surface area contributed by atoms with Crippen LogP contribution in [0.4, 0.5) is 0 Å². The van der Waals surface area contributed by atoms with Gasteiger partial charge in [-0.15, -0.1) is 0 Å². The lowest BCUT2D eigenvalue weighted by Gasteiger charge is -2.18. The predicted octanol–water partition coefficient (Wildman–Crippen LogP) is 16.6. The van der Waals surface area contributed by atoms with Gasteiger partial charge in [-0.3, -0.25) is 14.4 Å². The number of hydrogen-bond donors (Lipinski definition) is 0. The Kier molecular flexibility index (Phi) is 46.9. The molecule has 0 saturated carbocycles. The lowest BCUT2D eigenvalue weighted by atomic mass is 10.1. The minimum atomic E-state index is -0.802. The number of allylic oxidation sites excluding steroid dienone is 12. The molecular formula is C55H94O6. The highest BCUT2D eigenvalue weighted by molar-refractivity contribution is 5.71. The van der Waals surface area contributed by atoms with E-state index in [1.54, 1.807) is 0 Å². The van der Waals surface area contributed by atoms with E-state index < -0.39 is 6.10 Å². The first-order valence-corrected chi connectivity index (χ1v) is 25.4. The van der Waals surface area contributed by atoms with E-state index >= 15 is 0 Å². The van der Waals surface area contributed by atoms with Gasteiger partial charge in [-0.05, 0) is 103 Å². The molecule has 0 heterocycles. The third kappa shape index (κ3) is 47.7. The van der Waals surface area contributed by atoms with Crippen molar-refractivity contribution in [1.29, 1.82) is 0 Å². The topological polar surface area (TPSA) is 78.9 Å². The van der Waals surface area contributed by atoms with Crippen molar-refractivity contribution in [1.82, 2.24) is 0 Å². The molecule has 0 bridgehead atoms. The average Bonchev–Trinajstić information content (AvgIpc) is 3.26. The Labute approximate surface area is 376 Å². The molecule has 0 amide bonds. The molecule has 61 heavy (non-hydrogen) atoms. The maximum absolute atomic E-state index is 12.8. The number of rotatable bonds is 45. The van der Waals surface area contributed by atoms with Crippen LogP contribution in [0.1, 0.15) is 239 Å². The molecule has 0 N–H and O–H groups in total. The number of carbonyl (C=O) groups is 3. The Bertz CT molecular complexity index is 1160. The highest BCUT2D eigenvalue weighted by Crippen LogP contribution is 2.13. The van der Waals surface area contributed by atoms with Crippen molar-refractivity contribution < 1.29 is 28.6 Å². The van der Waals surface area contributed by atoms with Gasteiger partial charge in [0.25, 0.3) is 0 Å². The van der Waals surface area contributed by atoms with Crippen LogP contribution in [-0.4, -0.2) is 37.2 Å². The fraction of sp³-hybridized carbons (Fsp3) is 0.727. The molecule has 1 atom stereocenters. The molecule has 0 aliphatic carbocycles. The molecule has 0 rings (SSSR count). The van der Waals surface area contributed by atoms with Gasteiger partial charge < -0.3 is 14.2 Å². The van der Waals surface area contributed by atoms with E-state index in [2.05, 4.69) is 93.7 Å². The zero-order valence-electron chi connectivity index (χ0n) is 39.9. The van der Waals surface area contributed by atoms with Crippen molar-refractivity contribution in [2.45, 2.75) is 245 Å². The van der Waals surface area contributed by atoms with Crippen molar-refractivity contribution in [2.24, 2.45) is 0 Å². The Morgan fingerprint density at radius 1 is 0.344 bits per heavy atom. The highest BCUT2D eigenvalue weighted by atomic mass is 16.6. The van der Waals surface area contributed by atoms with E-state index in [1.165, 1.54) is 103 Å². The fourth-order valence-corrected chi connectivity index (χ4v) is 6.84. The van der Waals surface area contributed by atoms with Gasteiger partial charge in [-0.1, -0.05) is 190 Å². The first kappa shape index (κ1) is 57.9. The minimum absolute atomic E-state index is 0.0990. The van der Waals surface area contributed by atoms with Gasteiger partial charge in [0, 0.05) is 19.3 Å². The molecule has 0 aromatic rings. The van der Waals surface area contributed by atoms with Crippen molar-refractivity contribution >= 4 is 17.9 Å². The molecule has 0 aromatic carbocycles. The Morgan fingerprint density at radius 3 is 1.11 bits per heavy atom. The van der Waals surface area contributed by atoms with Gasteiger partial charge in [-0.25, -0.2) is 0 Å². The summed E-state index contributed by atoms with van der Waals surface area (Å²) in [6.45, 7) is 6.44. The van der Waals surface area contributed by atoms with E-state index in [1.807, 2.05) is 0 Å². The second-order valence-electron chi connectivity index (χ2n) is 16.7. The number of esters is 3. The zero-order valence-corrected chi connectivity index (χ0v) is 39.9. The molecule has 0 radical (unpaired) electrons. The smallest absolute Gasteiger partial charge is 0.306 e. The molecular weight excluding hydrogens is 757 g/mol. The van der Waals surface area contributed by atoms with E-state index in [4.69, 9.17) is 14.2 Å². The van der Waals surface area contributed by atoms with E-state index in [0.29, 0.717) is 19.3 Å². The van der Waals surface area contributed by atoms with E-state index in [9.17, 15) is 14.4 Å². The van der Waals surface area contributed by atoms with Crippen molar-refractivity contribution in [3.8, 4) is 0 Å². The fourth-order valence-electron chi connectivity index (χ4n) is 6.84. The SMILES string of the molecule is CC/C=C\C/C=C\CCCCCCCCCC(=O)OC(COC(=O)CCC/C=C\C/C=C\C/C=C\CCCCCCCC)COC(=O)CCCCCCC/C=C\CCCCC. The maximum Gasteiger partial charge on any atom is 0.306 e. The summed E-state index contributed by atoms with van der Waals surface area (Å²) in [6.07, 6.45) is 61.7. The average molecular weight is 851 g/mol. The highest BCUT2D eigenvalue weighted by Gasteiger charge is 2.19. The van der Waals surface area contributed by atoms with Crippen molar-refractivity contribution in [3.05, 3.63) is 72.9 Å². The molecule has 0 fully saturated rings. The van der Waals surface area contributed by atoms with Crippen LogP contribution in [0.5, 0.6) is 0 Å². The Morgan fingerprint density at radius 2 is 0.656 bits per heavy atom. The van der Waals surface area contributed by atoms with E-state index in [-0.39, 0.29) is 37.5 Å². The largest absolute Gasteiger partial charge is 0.462 e. The maximum atomic E-state index is 12.8. The normalized spacial score (nSPS) is 12.6. The summed E-state index contributed by atoms with van der Waals surface area (Å²) in [5.41, 5.74) is 0. The molecule has 0 aliphatic rings. The molecule has 6 nitrogen and oxygen atoms in total. The quantitative estimate of drug-likeness (QED) is 0.0263. The monoisotopic (exact) mass is 851 g/mol. The number of carbonyl (C=O) groups excluding carboxylic acids is 3. The number of ether oxygens (including phenoxy) is 3. The van der Waals surface area contributed by atoms with Gasteiger partial charge in [0.05, 0.1) is 0 Å². The number of hydrogen-bond acceptors (Lipinski definition) is 6. The van der Waals surface area contributed by atoms with Crippen LogP contribution in [0.2, 0.25) is 0 Å².